The number of nitrogens with zero attached hydrogens (tertiary/aromatic N) is 2. The number of hydrogen-bond acceptors (Lipinski definition) is 4. The van der Waals surface area contributed by atoms with Gasteiger partial charge in [0.05, 0.1) is 32.1 Å². The number of carbonyl (C=O) groups excluding carboxylic acids is 2. The Balaban J connectivity index is 1.33. The number of ether oxygens (including phenoxy) is 2. The van der Waals surface area contributed by atoms with Crippen LogP contribution in [0.25, 0.3) is 0 Å². The monoisotopic (exact) mass is 470 g/mol. The van der Waals surface area contributed by atoms with Crippen LogP contribution in [0.15, 0.2) is 78.9 Å². The molecule has 2 aliphatic rings. The van der Waals surface area contributed by atoms with Crippen LogP contribution in [0.3, 0.4) is 0 Å². The lowest BCUT2D eigenvalue weighted by Gasteiger charge is -2.59. The molecule has 0 aliphatic carbocycles. The summed E-state index contributed by atoms with van der Waals surface area (Å²) in [6, 6.07) is 25.6. The number of anilines is 1. The lowest BCUT2D eigenvalue weighted by Crippen LogP contribution is -2.67. The summed E-state index contributed by atoms with van der Waals surface area (Å²) in [5.74, 6) is 1.54. The van der Waals surface area contributed by atoms with Crippen molar-refractivity contribution in [3.8, 4) is 11.5 Å². The highest BCUT2D eigenvalue weighted by Gasteiger charge is 2.62. The number of β-lactam (4-membered cyclic amide) rings is 1. The van der Waals surface area contributed by atoms with Crippen LogP contribution < -0.4 is 14.4 Å². The fourth-order valence-electron chi connectivity index (χ4n) is 5.51. The Kier molecular flexibility index (Phi) is 6.20. The molecule has 2 amide bonds. The van der Waals surface area contributed by atoms with Gasteiger partial charge in [-0.15, -0.1) is 0 Å². The first-order valence-corrected chi connectivity index (χ1v) is 12.0. The Morgan fingerprint density at radius 3 is 2.03 bits per heavy atom. The van der Waals surface area contributed by atoms with Crippen LogP contribution in [-0.2, 0) is 16.0 Å². The van der Waals surface area contributed by atoms with Crippen molar-refractivity contribution in [2.45, 2.75) is 25.3 Å². The average molecular weight is 471 g/mol. The zero-order valence-electron chi connectivity index (χ0n) is 20.1. The van der Waals surface area contributed by atoms with Gasteiger partial charge in [0.25, 0.3) is 0 Å². The van der Waals surface area contributed by atoms with E-state index in [1.807, 2.05) is 70.5 Å². The van der Waals surface area contributed by atoms with E-state index in [1.165, 1.54) is 0 Å². The summed E-state index contributed by atoms with van der Waals surface area (Å²) in [6.45, 7) is 1.13. The van der Waals surface area contributed by atoms with Crippen LogP contribution in [0, 0.1) is 5.41 Å². The van der Waals surface area contributed by atoms with E-state index in [-0.39, 0.29) is 24.3 Å². The third-order valence-electron chi connectivity index (χ3n) is 7.35. The number of benzene rings is 3. The molecule has 0 N–H and O–H groups in total. The molecular weight excluding hydrogens is 440 g/mol. The number of rotatable bonds is 6. The average Bonchev–Trinajstić information content (AvgIpc) is 2.92. The van der Waals surface area contributed by atoms with Crippen LogP contribution in [-0.4, -0.2) is 44.0 Å². The van der Waals surface area contributed by atoms with E-state index in [2.05, 4.69) is 12.1 Å². The predicted molar refractivity (Wildman–Crippen MR) is 135 cm³/mol. The molecule has 2 saturated heterocycles. The smallest absolute Gasteiger partial charge is 0.236 e. The number of para-hydroxylation sites is 1. The maximum absolute atomic E-state index is 13.6. The molecule has 35 heavy (non-hydrogen) atoms. The van der Waals surface area contributed by atoms with Gasteiger partial charge in [-0.1, -0.05) is 48.5 Å². The van der Waals surface area contributed by atoms with Gasteiger partial charge in [0.2, 0.25) is 11.8 Å². The van der Waals surface area contributed by atoms with Gasteiger partial charge in [0, 0.05) is 24.8 Å². The summed E-state index contributed by atoms with van der Waals surface area (Å²) in [5, 5.41) is 0. The number of piperidine rings is 1. The second-order valence-corrected chi connectivity index (χ2v) is 9.26. The highest BCUT2D eigenvalue weighted by molar-refractivity contribution is 6.06. The van der Waals surface area contributed by atoms with E-state index in [4.69, 9.17) is 9.47 Å². The van der Waals surface area contributed by atoms with Crippen LogP contribution in [0.4, 0.5) is 5.69 Å². The molecule has 3 aromatic carbocycles. The quantitative estimate of drug-likeness (QED) is 0.493. The van der Waals surface area contributed by atoms with E-state index >= 15 is 0 Å². The highest BCUT2D eigenvalue weighted by atomic mass is 16.5. The minimum atomic E-state index is -0.479. The van der Waals surface area contributed by atoms with Gasteiger partial charge >= 0.3 is 0 Å². The molecule has 180 valence electrons. The van der Waals surface area contributed by atoms with Crippen molar-refractivity contribution < 1.29 is 19.1 Å². The lowest BCUT2D eigenvalue weighted by atomic mass is 9.62. The van der Waals surface area contributed by atoms with E-state index in [1.54, 1.807) is 20.3 Å². The zero-order valence-corrected chi connectivity index (χ0v) is 20.1. The number of hydrogen-bond donors (Lipinski definition) is 0. The van der Waals surface area contributed by atoms with Crippen molar-refractivity contribution in [2.24, 2.45) is 5.41 Å². The van der Waals surface area contributed by atoms with Gasteiger partial charge in [0.15, 0.2) is 0 Å². The molecule has 2 fully saturated rings. The van der Waals surface area contributed by atoms with Crippen LogP contribution >= 0.6 is 0 Å². The van der Waals surface area contributed by atoms with Crippen LogP contribution in [0.5, 0.6) is 11.5 Å². The standard InChI is InChI=1S/C29H30N2O4/c1-34-24-17-21(18-25(20-24)35-2)19-26(32)30-15-13-29(14-16-30)27(22-9-5-3-6-10-22)31(28(29)33)23-11-7-4-8-12-23/h3-12,17-18,20,27H,13-16,19H2,1-2H3. The zero-order chi connectivity index (χ0) is 24.4. The summed E-state index contributed by atoms with van der Waals surface area (Å²) >= 11 is 0. The summed E-state index contributed by atoms with van der Waals surface area (Å²) in [5.41, 5.74) is 2.43. The fraction of sp³-hybridized carbons (Fsp3) is 0.310. The fourth-order valence-corrected chi connectivity index (χ4v) is 5.51. The number of likely N-dealkylation sites (tertiary alicyclic amines) is 1. The molecule has 2 aliphatic heterocycles. The molecule has 1 spiro atoms. The van der Waals surface area contributed by atoms with Crippen molar-refractivity contribution in [3.05, 3.63) is 90.0 Å². The van der Waals surface area contributed by atoms with E-state index in [0.717, 1.165) is 16.8 Å². The van der Waals surface area contributed by atoms with E-state index in [0.29, 0.717) is 37.4 Å². The number of carbonyl (C=O) groups is 2. The molecule has 1 unspecified atom stereocenters. The minimum Gasteiger partial charge on any atom is -0.497 e. The van der Waals surface area contributed by atoms with Gasteiger partial charge in [0.1, 0.15) is 11.5 Å². The number of methoxy groups -OCH3 is 2. The highest BCUT2D eigenvalue weighted by Crippen LogP contribution is 2.57. The molecule has 3 aromatic rings. The summed E-state index contributed by atoms with van der Waals surface area (Å²) in [7, 11) is 3.20. The van der Waals surface area contributed by atoms with Crippen LogP contribution in [0.1, 0.15) is 30.0 Å². The molecule has 0 aromatic heterocycles. The Morgan fingerprint density at radius 2 is 1.46 bits per heavy atom. The Bertz CT molecular complexity index is 1180. The molecule has 1 atom stereocenters. The first-order chi connectivity index (χ1) is 17.1. The molecule has 6 nitrogen and oxygen atoms in total. The Morgan fingerprint density at radius 1 is 0.886 bits per heavy atom. The molecule has 6 heteroatoms. The third kappa shape index (κ3) is 4.14. The normalized spacial score (nSPS) is 18.8. The van der Waals surface area contributed by atoms with Crippen molar-refractivity contribution in [1.82, 2.24) is 4.90 Å². The molecule has 2 heterocycles. The van der Waals surface area contributed by atoms with Gasteiger partial charge < -0.3 is 19.3 Å². The third-order valence-corrected chi connectivity index (χ3v) is 7.35. The van der Waals surface area contributed by atoms with Crippen LogP contribution in [0.2, 0.25) is 0 Å². The Hall–Kier alpha value is -3.80. The number of amides is 2. The minimum absolute atomic E-state index is 0.0292. The first kappa shape index (κ1) is 23.0. The van der Waals surface area contributed by atoms with Crippen molar-refractivity contribution >= 4 is 17.5 Å². The van der Waals surface area contributed by atoms with Crippen molar-refractivity contribution in [3.63, 3.8) is 0 Å². The van der Waals surface area contributed by atoms with Gasteiger partial charge in [-0.25, -0.2) is 0 Å². The van der Waals surface area contributed by atoms with Gasteiger partial charge in [-0.2, -0.15) is 0 Å². The molecule has 0 saturated carbocycles. The van der Waals surface area contributed by atoms with Crippen molar-refractivity contribution in [1.29, 1.82) is 0 Å². The van der Waals surface area contributed by atoms with Gasteiger partial charge in [-0.05, 0) is 48.2 Å². The molecular formula is C29H30N2O4. The summed E-state index contributed by atoms with van der Waals surface area (Å²) < 4.78 is 10.7. The van der Waals surface area contributed by atoms with Crippen molar-refractivity contribution in [2.75, 3.05) is 32.2 Å². The van der Waals surface area contributed by atoms with E-state index < -0.39 is 5.41 Å². The summed E-state index contributed by atoms with van der Waals surface area (Å²) in [6.07, 6.45) is 1.58. The predicted octanol–water partition coefficient (Wildman–Crippen LogP) is 4.64. The SMILES string of the molecule is COc1cc(CC(=O)N2CCC3(CC2)C(=O)N(c2ccccc2)C3c2ccccc2)cc(OC)c1. The van der Waals surface area contributed by atoms with Gasteiger partial charge in [-0.3, -0.25) is 9.59 Å². The molecule has 5 rings (SSSR count). The molecule has 0 bridgehead atoms. The van der Waals surface area contributed by atoms with E-state index in [9.17, 15) is 9.59 Å². The maximum Gasteiger partial charge on any atom is 0.236 e. The lowest BCUT2D eigenvalue weighted by molar-refractivity contribution is -0.149. The topological polar surface area (TPSA) is 59.1 Å². The Labute approximate surface area is 206 Å². The second kappa shape index (κ2) is 9.45. The molecule has 0 radical (unpaired) electrons. The summed E-state index contributed by atoms with van der Waals surface area (Å²) in [4.78, 5) is 30.6. The first-order valence-electron chi connectivity index (χ1n) is 12.0. The maximum atomic E-state index is 13.6. The second-order valence-electron chi connectivity index (χ2n) is 9.26. The largest absolute Gasteiger partial charge is 0.497 e.